The largest absolute Gasteiger partial charge is 0.321 e. The lowest BCUT2D eigenvalue weighted by molar-refractivity contribution is 0.572. The Morgan fingerprint density at radius 2 is 2.00 bits per heavy atom. The lowest BCUT2D eigenvalue weighted by atomic mass is 9.91. The fraction of sp³-hybridized carbons (Fsp3) is 0.364. The summed E-state index contributed by atoms with van der Waals surface area (Å²) in [7, 11) is 0. The molecule has 0 aliphatic heterocycles. The van der Waals surface area contributed by atoms with Crippen molar-refractivity contribution in [2.45, 2.75) is 26.2 Å². The van der Waals surface area contributed by atoms with Gasteiger partial charge in [0.25, 0.3) is 0 Å². The minimum atomic E-state index is 0.112. The highest BCUT2D eigenvalue weighted by Gasteiger charge is 2.18. The zero-order chi connectivity index (χ0) is 9.47. The summed E-state index contributed by atoms with van der Waals surface area (Å²) in [6.07, 6.45) is 5.88. The topological polar surface area (TPSA) is 17.3 Å². The maximum Gasteiger partial charge on any atom is 0.0697 e. The molecule has 0 aromatic carbocycles. The van der Waals surface area contributed by atoms with E-state index in [2.05, 4.69) is 36.2 Å². The van der Waals surface area contributed by atoms with Gasteiger partial charge in [-0.15, -0.1) is 0 Å². The van der Waals surface area contributed by atoms with Gasteiger partial charge in [-0.25, -0.2) is 0 Å². The first-order chi connectivity index (χ1) is 6.09. The molecule has 2 rings (SSSR count). The molecule has 2 nitrogen and oxygen atoms in total. The standard InChI is InChI=1S/C11H14N2/c1-11(2,3)10-9-5-4-7-13(9)8-6-12-10/h4-8H,1-3H3. The Kier molecular flexibility index (Phi) is 1.65. The van der Waals surface area contributed by atoms with Gasteiger partial charge in [-0.3, -0.25) is 4.98 Å². The van der Waals surface area contributed by atoms with E-state index in [-0.39, 0.29) is 5.41 Å². The van der Waals surface area contributed by atoms with Gasteiger partial charge in [0.1, 0.15) is 0 Å². The molecule has 0 bridgehead atoms. The molecule has 0 radical (unpaired) electrons. The summed E-state index contributed by atoms with van der Waals surface area (Å²) in [6, 6.07) is 4.15. The summed E-state index contributed by atoms with van der Waals surface area (Å²) in [4.78, 5) is 4.43. The fourth-order valence-corrected chi connectivity index (χ4v) is 1.55. The lowest BCUT2D eigenvalue weighted by Crippen LogP contribution is -2.14. The second-order valence-corrected chi connectivity index (χ2v) is 4.33. The molecule has 2 heteroatoms. The van der Waals surface area contributed by atoms with Crippen molar-refractivity contribution in [3.8, 4) is 0 Å². The van der Waals surface area contributed by atoms with Crippen LogP contribution in [-0.2, 0) is 5.41 Å². The fourth-order valence-electron chi connectivity index (χ4n) is 1.55. The third kappa shape index (κ3) is 1.32. The van der Waals surface area contributed by atoms with E-state index in [1.807, 2.05) is 24.7 Å². The molecule has 68 valence electrons. The Hall–Kier alpha value is -1.31. The molecular weight excluding hydrogens is 160 g/mol. The first kappa shape index (κ1) is 8.30. The minimum absolute atomic E-state index is 0.112. The van der Waals surface area contributed by atoms with Crippen LogP contribution in [0.4, 0.5) is 0 Å². The molecule has 0 aliphatic rings. The van der Waals surface area contributed by atoms with E-state index >= 15 is 0 Å². The number of nitrogens with zero attached hydrogens (tertiary/aromatic N) is 2. The molecule has 2 aromatic rings. The van der Waals surface area contributed by atoms with Crippen LogP contribution in [0, 0.1) is 0 Å². The molecule has 0 saturated carbocycles. The maximum absolute atomic E-state index is 4.43. The van der Waals surface area contributed by atoms with Crippen LogP contribution in [-0.4, -0.2) is 9.38 Å². The van der Waals surface area contributed by atoms with E-state index in [9.17, 15) is 0 Å². The smallest absolute Gasteiger partial charge is 0.0697 e. The van der Waals surface area contributed by atoms with Crippen molar-refractivity contribution >= 4 is 5.52 Å². The summed E-state index contributed by atoms with van der Waals surface area (Å²) in [5.41, 5.74) is 2.47. The molecule has 2 heterocycles. The molecule has 0 N–H and O–H groups in total. The summed E-state index contributed by atoms with van der Waals surface area (Å²) in [5, 5.41) is 0. The van der Waals surface area contributed by atoms with Gasteiger partial charge in [-0.1, -0.05) is 20.8 Å². The van der Waals surface area contributed by atoms with Crippen LogP contribution < -0.4 is 0 Å². The number of hydrogen-bond acceptors (Lipinski definition) is 1. The quantitative estimate of drug-likeness (QED) is 0.600. The molecule has 13 heavy (non-hydrogen) atoms. The molecule has 0 unspecified atom stereocenters. The second-order valence-electron chi connectivity index (χ2n) is 4.33. The third-order valence-corrected chi connectivity index (χ3v) is 2.16. The summed E-state index contributed by atoms with van der Waals surface area (Å²) in [6.45, 7) is 6.55. The van der Waals surface area contributed by atoms with E-state index in [1.54, 1.807) is 0 Å². The van der Waals surface area contributed by atoms with Crippen molar-refractivity contribution in [2.24, 2.45) is 0 Å². The zero-order valence-corrected chi connectivity index (χ0v) is 8.28. The van der Waals surface area contributed by atoms with Crippen LogP contribution in [0.25, 0.3) is 5.52 Å². The van der Waals surface area contributed by atoms with Crippen molar-refractivity contribution in [3.63, 3.8) is 0 Å². The Morgan fingerprint density at radius 3 is 2.69 bits per heavy atom. The van der Waals surface area contributed by atoms with Gasteiger partial charge in [0.2, 0.25) is 0 Å². The van der Waals surface area contributed by atoms with Gasteiger partial charge >= 0.3 is 0 Å². The van der Waals surface area contributed by atoms with Crippen molar-refractivity contribution < 1.29 is 0 Å². The molecule has 0 fully saturated rings. The molecule has 0 aliphatic carbocycles. The van der Waals surface area contributed by atoms with E-state index in [0.717, 1.165) is 5.69 Å². The van der Waals surface area contributed by atoms with Crippen molar-refractivity contribution in [1.82, 2.24) is 9.38 Å². The van der Waals surface area contributed by atoms with E-state index in [1.165, 1.54) is 5.52 Å². The number of aromatic nitrogens is 2. The van der Waals surface area contributed by atoms with Crippen molar-refractivity contribution in [1.29, 1.82) is 0 Å². The van der Waals surface area contributed by atoms with Crippen LogP contribution in [0.3, 0.4) is 0 Å². The Bertz CT molecular complexity index is 421. The van der Waals surface area contributed by atoms with E-state index in [4.69, 9.17) is 0 Å². The zero-order valence-electron chi connectivity index (χ0n) is 8.28. The highest BCUT2D eigenvalue weighted by molar-refractivity contribution is 5.54. The van der Waals surface area contributed by atoms with Gasteiger partial charge in [-0.05, 0) is 12.1 Å². The van der Waals surface area contributed by atoms with Crippen molar-refractivity contribution in [3.05, 3.63) is 36.4 Å². The van der Waals surface area contributed by atoms with Crippen molar-refractivity contribution in [2.75, 3.05) is 0 Å². The van der Waals surface area contributed by atoms with E-state index < -0.39 is 0 Å². The SMILES string of the molecule is CC(C)(C)c1nccn2cccc12. The highest BCUT2D eigenvalue weighted by Crippen LogP contribution is 2.24. The normalized spacial score (nSPS) is 12.2. The minimum Gasteiger partial charge on any atom is -0.321 e. The van der Waals surface area contributed by atoms with Crippen LogP contribution in [0.1, 0.15) is 26.5 Å². The summed E-state index contributed by atoms with van der Waals surface area (Å²) < 4.78 is 2.10. The van der Waals surface area contributed by atoms with Crippen LogP contribution in [0.5, 0.6) is 0 Å². The van der Waals surface area contributed by atoms with Crippen LogP contribution in [0.2, 0.25) is 0 Å². The predicted octanol–water partition coefficient (Wildman–Crippen LogP) is 2.63. The van der Waals surface area contributed by atoms with Gasteiger partial charge in [0, 0.05) is 24.0 Å². The second kappa shape index (κ2) is 2.59. The number of fused-ring (bicyclic) bond motifs is 1. The lowest BCUT2D eigenvalue weighted by Gasteiger charge is -2.18. The monoisotopic (exact) mass is 174 g/mol. The molecular formula is C11H14N2. The third-order valence-electron chi connectivity index (χ3n) is 2.16. The maximum atomic E-state index is 4.43. The average Bonchev–Trinajstić information content (AvgIpc) is 2.48. The number of rotatable bonds is 0. The Morgan fingerprint density at radius 1 is 1.23 bits per heavy atom. The molecule has 0 saturated heterocycles. The Labute approximate surface area is 78.2 Å². The van der Waals surface area contributed by atoms with Gasteiger partial charge in [-0.2, -0.15) is 0 Å². The van der Waals surface area contributed by atoms with Gasteiger partial charge in [0.05, 0.1) is 11.2 Å². The first-order valence-corrected chi connectivity index (χ1v) is 4.51. The first-order valence-electron chi connectivity index (χ1n) is 4.51. The highest BCUT2D eigenvalue weighted by atomic mass is 14.9. The molecule has 0 amide bonds. The van der Waals surface area contributed by atoms with Gasteiger partial charge in [0.15, 0.2) is 0 Å². The molecule has 0 spiro atoms. The summed E-state index contributed by atoms with van der Waals surface area (Å²) >= 11 is 0. The molecule has 2 aromatic heterocycles. The average molecular weight is 174 g/mol. The van der Waals surface area contributed by atoms with E-state index in [0.29, 0.717) is 0 Å². The Balaban J connectivity index is 2.75. The van der Waals surface area contributed by atoms with Crippen LogP contribution >= 0.6 is 0 Å². The van der Waals surface area contributed by atoms with Crippen LogP contribution in [0.15, 0.2) is 30.7 Å². The number of hydrogen-bond donors (Lipinski definition) is 0. The molecule has 0 atom stereocenters. The van der Waals surface area contributed by atoms with Gasteiger partial charge < -0.3 is 4.40 Å². The summed E-state index contributed by atoms with van der Waals surface area (Å²) in [5.74, 6) is 0. The predicted molar refractivity (Wildman–Crippen MR) is 53.9 cm³/mol.